The zero-order valence-electron chi connectivity index (χ0n) is 7.20. The zero-order valence-corrected chi connectivity index (χ0v) is 7.20. The number of hydrogen-bond acceptors (Lipinski definition) is 3. The van der Waals surface area contributed by atoms with Crippen LogP contribution >= 0.6 is 0 Å². The maximum atomic E-state index is 7.09. The molecule has 12 heavy (non-hydrogen) atoms. The third kappa shape index (κ3) is 1.75. The first-order chi connectivity index (χ1) is 5.77. The van der Waals surface area contributed by atoms with Crippen molar-refractivity contribution in [3.05, 3.63) is 29.4 Å². The molecule has 1 aromatic heterocycles. The number of aryl methyl sites for hydroxylation is 1. The van der Waals surface area contributed by atoms with Crippen LogP contribution in [0.2, 0.25) is 0 Å². The van der Waals surface area contributed by atoms with E-state index in [1.165, 1.54) is 6.21 Å². The molecule has 0 aliphatic rings. The van der Waals surface area contributed by atoms with Crippen LogP contribution in [0.15, 0.2) is 12.3 Å². The lowest BCUT2D eigenvalue weighted by Gasteiger charge is -1.98. The van der Waals surface area contributed by atoms with Gasteiger partial charge in [-0.3, -0.25) is 0 Å². The third-order valence-electron chi connectivity index (χ3n) is 1.45. The highest BCUT2D eigenvalue weighted by molar-refractivity contribution is 5.81. The summed E-state index contributed by atoms with van der Waals surface area (Å²) >= 11 is 0. The minimum absolute atomic E-state index is 0.730. The zero-order chi connectivity index (χ0) is 8.97. The van der Waals surface area contributed by atoms with Crippen molar-refractivity contribution in [2.75, 3.05) is 0 Å². The Morgan fingerprint density at radius 1 is 1.50 bits per heavy atom. The highest BCUT2D eigenvalue weighted by Crippen LogP contribution is 2.04. The van der Waals surface area contributed by atoms with E-state index < -0.39 is 0 Å². The fourth-order valence-corrected chi connectivity index (χ4v) is 0.899. The summed E-state index contributed by atoms with van der Waals surface area (Å²) in [6.07, 6.45) is 6.68. The van der Waals surface area contributed by atoms with E-state index in [0.29, 0.717) is 0 Å². The Labute approximate surface area is 71.7 Å². The van der Waals surface area contributed by atoms with Crippen molar-refractivity contribution in [3.63, 3.8) is 0 Å². The van der Waals surface area contributed by atoms with Crippen LogP contribution in [0.4, 0.5) is 0 Å². The van der Waals surface area contributed by atoms with Gasteiger partial charge in [0.1, 0.15) is 5.82 Å². The highest BCUT2D eigenvalue weighted by Gasteiger charge is 1.97. The average molecular weight is 161 g/mol. The second kappa shape index (κ2) is 3.76. The maximum Gasteiger partial charge on any atom is 0.125 e. The first-order valence-corrected chi connectivity index (χ1v) is 3.74. The number of aromatic nitrogens is 2. The van der Waals surface area contributed by atoms with Gasteiger partial charge in [-0.1, -0.05) is 6.08 Å². The Bertz CT molecular complexity index is 316. The second-order valence-corrected chi connectivity index (χ2v) is 2.40. The Kier molecular flexibility index (Phi) is 2.69. The van der Waals surface area contributed by atoms with E-state index in [0.717, 1.165) is 17.1 Å². The monoisotopic (exact) mass is 161 g/mol. The van der Waals surface area contributed by atoms with Crippen LogP contribution in [0.1, 0.15) is 24.0 Å². The molecular formula is C9H11N3. The van der Waals surface area contributed by atoms with Gasteiger partial charge in [0.2, 0.25) is 0 Å². The second-order valence-electron chi connectivity index (χ2n) is 2.40. The molecule has 1 N–H and O–H groups in total. The van der Waals surface area contributed by atoms with Gasteiger partial charge in [0, 0.05) is 18.0 Å². The summed E-state index contributed by atoms with van der Waals surface area (Å²) in [5, 5.41) is 7.09. The van der Waals surface area contributed by atoms with Crippen molar-refractivity contribution in [1.82, 2.24) is 9.97 Å². The number of nitrogens with zero attached hydrogens (tertiary/aromatic N) is 2. The first-order valence-electron chi connectivity index (χ1n) is 3.74. The lowest BCUT2D eigenvalue weighted by atomic mass is 10.2. The maximum absolute atomic E-state index is 7.09. The Hall–Kier alpha value is -1.51. The van der Waals surface area contributed by atoms with Crippen molar-refractivity contribution >= 4 is 12.3 Å². The molecule has 1 rings (SSSR count). The van der Waals surface area contributed by atoms with Crippen LogP contribution in [-0.2, 0) is 0 Å². The molecule has 0 spiro atoms. The largest absolute Gasteiger partial charge is 0.308 e. The topological polar surface area (TPSA) is 49.6 Å². The van der Waals surface area contributed by atoms with Crippen molar-refractivity contribution < 1.29 is 0 Å². The fourth-order valence-electron chi connectivity index (χ4n) is 0.899. The molecule has 0 atom stereocenters. The molecule has 1 heterocycles. The van der Waals surface area contributed by atoms with Gasteiger partial charge in [-0.25, -0.2) is 9.97 Å². The standard InChI is InChI=1S/C9H11N3/c1-3-4-9-8(5-10)6-11-7(2)12-9/h3-6,10H,1-2H3/b4-3-,10-5?. The van der Waals surface area contributed by atoms with Gasteiger partial charge >= 0.3 is 0 Å². The predicted molar refractivity (Wildman–Crippen MR) is 49.4 cm³/mol. The predicted octanol–water partition coefficient (Wildman–Crippen LogP) is 1.82. The molecule has 1 aromatic rings. The summed E-state index contributed by atoms with van der Waals surface area (Å²) < 4.78 is 0. The minimum atomic E-state index is 0.730. The average Bonchev–Trinajstić information content (AvgIpc) is 2.05. The van der Waals surface area contributed by atoms with E-state index >= 15 is 0 Å². The summed E-state index contributed by atoms with van der Waals surface area (Å²) in [7, 11) is 0. The molecule has 0 aliphatic heterocycles. The van der Waals surface area contributed by atoms with Gasteiger partial charge in [0.15, 0.2) is 0 Å². The Morgan fingerprint density at radius 3 is 2.83 bits per heavy atom. The summed E-state index contributed by atoms with van der Waals surface area (Å²) in [5.74, 6) is 0.730. The molecule has 3 nitrogen and oxygen atoms in total. The fraction of sp³-hybridized carbons (Fsp3) is 0.222. The molecule has 0 aliphatic carbocycles. The summed E-state index contributed by atoms with van der Waals surface area (Å²) in [6.45, 7) is 3.76. The molecular weight excluding hydrogens is 150 g/mol. The summed E-state index contributed by atoms with van der Waals surface area (Å²) in [5.41, 5.74) is 1.55. The van der Waals surface area contributed by atoms with Crippen molar-refractivity contribution in [2.24, 2.45) is 0 Å². The van der Waals surface area contributed by atoms with Crippen LogP contribution in [0.3, 0.4) is 0 Å². The molecule has 0 bridgehead atoms. The van der Waals surface area contributed by atoms with Crippen LogP contribution in [0.25, 0.3) is 6.08 Å². The van der Waals surface area contributed by atoms with Gasteiger partial charge < -0.3 is 5.41 Å². The van der Waals surface area contributed by atoms with Crippen molar-refractivity contribution in [3.8, 4) is 0 Å². The van der Waals surface area contributed by atoms with Gasteiger partial charge in [-0.05, 0) is 19.9 Å². The van der Waals surface area contributed by atoms with Gasteiger partial charge in [-0.2, -0.15) is 0 Å². The first kappa shape index (κ1) is 8.59. The quantitative estimate of drug-likeness (QED) is 0.672. The molecule has 0 saturated heterocycles. The molecule has 3 heteroatoms. The van der Waals surface area contributed by atoms with Crippen LogP contribution < -0.4 is 0 Å². The Morgan fingerprint density at radius 2 is 2.25 bits per heavy atom. The van der Waals surface area contributed by atoms with E-state index in [9.17, 15) is 0 Å². The number of hydrogen-bond donors (Lipinski definition) is 1. The van der Waals surface area contributed by atoms with E-state index in [4.69, 9.17) is 5.41 Å². The molecule has 0 fully saturated rings. The molecule has 0 aromatic carbocycles. The third-order valence-corrected chi connectivity index (χ3v) is 1.45. The van der Waals surface area contributed by atoms with Crippen LogP contribution in [0, 0.1) is 12.3 Å². The Balaban J connectivity index is 3.20. The summed E-state index contributed by atoms with van der Waals surface area (Å²) in [6, 6.07) is 0. The van der Waals surface area contributed by atoms with E-state index in [1.54, 1.807) is 6.20 Å². The number of rotatable bonds is 2. The van der Waals surface area contributed by atoms with Gasteiger partial charge in [0.05, 0.1) is 5.69 Å². The number of allylic oxidation sites excluding steroid dienone is 1. The number of nitrogens with one attached hydrogen (secondary N) is 1. The molecule has 0 amide bonds. The lowest BCUT2D eigenvalue weighted by Crippen LogP contribution is -1.95. The molecule has 0 radical (unpaired) electrons. The summed E-state index contributed by atoms with van der Waals surface area (Å²) in [4.78, 5) is 8.18. The van der Waals surface area contributed by atoms with Crippen LogP contribution in [-0.4, -0.2) is 16.2 Å². The molecule has 62 valence electrons. The SMILES string of the molecule is C/C=C\c1nc(C)ncc1C=N. The lowest BCUT2D eigenvalue weighted by molar-refractivity contribution is 1.04. The van der Waals surface area contributed by atoms with Crippen LogP contribution in [0.5, 0.6) is 0 Å². The molecule has 0 saturated carbocycles. The normalized spacial score (nSPS) is 10.5. The van der Waals surface area contributed by atoms with Gasteiger partial charge in [0.25, 0.3) is 0 Å². The van der Waals surface area contributed by atoms with E-state index in [1.807, 2.05) is 26.0 Å². The highest BCUT2D eigenvalue weighted by atomic mass is 14.9. The minimum Gasteiger partial charge on any atom is -0.308 e. The van der Waals surface area contributed by atoms with Gasteiger partial charge in [-0.15, -0.1) is 0 Å². The van der Waals surface area contributed by atoms with E-state index in [-0.39, 0.29) is 0 Å². The molecule has 0 unspecified atom stereocenters. The van der Waals surface area contributed by atoms with Crippen molar-refractivity contribution in [2.45, 2.75) is 13.8 Å². The smallest absolute Gasteiger partial charge is 0.125 e. The van der Waals surface area contributed by atoms with Crippen molar-refractivity contribution in [1.29, 1.82) is 5.41 Å². The van der Waals surface area contributed by atoms with E-state index in [2.05, 4.69) is 9.97 Å².